The van der Waals surface area contributed by atoms with Gasteiger partial charge in [-0.1, -0.05) is 38.1 Å². The lowest BCUT2D eigenvalue weighted by Crippen LogP contribution is -2.55. The summed E-state index contributed by atoms with van der Waals surface area (Å²) < 4.78 is 2.06. The highest BCUT2D eigenvalue weighted by Gasteiger charge is 2.38. The van der Waals surface area contributed by atoms with Gasteiger partial charge in [-0.05, 0) is 24.0 Å². The van der Waals surface area contributed by atoms with Crippen molar-refractivity contribution in [1.82, 2.24) is 24.6 Å². The molecule has 0 saturated heterocycles. The molecule has 7 nitrogen and oxygen atoms in total. The molecule has 2 aliphatic rings. The number of benzene rings is 1. The summed E-state index contributed by atoms with van der Waals surface area (Å²) in [4.78, 5) is 30.0. The molecule has 0 saturated carbocycles. The van der Waals surface area contributed by atoms with Crippen molar-refractivity contribution in [1.29, 1.82) is 0 Å². The van der Waals surface area contributed by atoms with Gasteiger partial charge in [0, 0.05) is 32.5 Å². The third-order valence-electron chi connectivity index (χ3n) is 5.69. The summed E-state index contributed by atoms with van der Waals surface area (Å²) in [7, 11) is 0. The van der Waals surface area contributed by atoms with Gasteiger partial charge in [-0.2, -0.15) is 0 Å². The summed E-state index contributed by atoms with van der Waals surface area (Å²) in [5.74, 6) is 2.02. The minimum Gasteiger partial charge on any atom is -0.332 e. The molecule has 0 bridgehead atoms. The van der Waals surface area contributed by atoms with Crippen molar-refractivity contribution in [2.45, 2.75) is 59.3 Å². The van der Waals surface area contributed by atoms with Gasteiger partial charge in [-0.25, -0.2) is 0 Å². The van der Waals surface area contributed by atoms with Gasteiger partial charge in [0.1, 0.15) is 11.9 Å². The van der Waals surface area contributed by atoms with Gasteiger partial charge in [-0.15, -0.1) is 10.2 Å². The van der Waals surface area contributed by atoms with Crippen LogP contribution in [0.4, 0.5) is 0 Å². The van der Waals surface area contributed by atoms with Gasteiger partial charge in [0.15, 0.2) is 5.82 Å². The summed E-state index contributed by atoms with van der Waals surface area (Å²) in [6.45, 7) is 8.26. The van der Waals surface area contributed by atoms with E-state index in [-0.39, 0.29) is 17.7 Å². The van der Waals surface area contributed by atoms with Crippen molar-refractivity contribution in [2.75, 3.05) is 6.54 Å². The van der Waals surface area contributed by atoms with E-state index in [1.807, 2.05) is 37.8 Å². The van der Waals surface area contributed by atoms with Crippen LogP contribution in [-0.4, -0.2) is 49.0 Å². The molecule has 0 aliphatic carbocycles. The smallest absolute Gasteiger partial charge is 0.246 e. The number of hydrogen-bond donors (Lipinski definition) is 0. The van der Waals surface area contributed by atoms with Gasteiger partial charge in [0.25, 0.3) is 0 Å². The molecule has 0 spiro atoms. The number of carbonyl (C=O) groups excluding carboxylic acids is 2. The Bertz CT molecular complexity index is 904. The predicted molar refractivity (Wildman–Crippen MR) is 104 cm³/mol. The highest BCUT2D eigenvalue weighted by atomic mass is 16.2. The fourth-order valence-electron chi connectivity index (χ4n) is 4.17. The Morgan fingerprint density at radius 3 is 2.61 bits per heavy atom. The number of hydrogen-bond acceptors (Lipinski definition) is 4. The van der Waals surface area contributed by atoms with E-state index in [9.17, 15) is 9.59 Å². The van der Waals surface area contributed by atoms with Crippen molar-refractivity contribution in [2.24, 2.45) is 5.92 Å². The predicted octanol–water partition coefficient (Wildman–Crippen LogP) is 1.93. The zero-order valence-corrected chi connectivity index (χ0v) is 16.8. The second-order valence-corrected chi connectivity index (χ2v) is 8.18. The lowest BCUT2D eigenvalue weighted by Gasteiger charge is -2.39. The quantitative estimate of drug-likeness (QED) is 0.815. The average molecular weight is 381 g/mol. The molecule has 28 heavy (non-hydrogen) atoms. The molecular formula is C21H27N5O2. The van der Waals surface area contributed by atoms with E-state index in [1.165, 1.54) is 0 Å². The number of amides is 2. The van der Waals surface area contributed by atoms with Crippen LogP contribution in [0, 0.1) is 12.8 Å². The van der Waals surface area contributed by atoms with E-state index in [0.29, 0.717) is 39.0 Å². The summed E-state index contributed by atoms with van der Waals surface area (Å²) in [6.07, 6.45) is 1.03. The average Bonchev–Trinajstić information content (AvgIpc) is 3.06. The van der Waals surface area contributed by atoms with Crippen molar-refractivity contribution < 1.29 is 9.59 Å². The molecule has 0 radical (unpaired) electrons. The molecule has 0 fully saturated rings. The number of aryl methyl sites for hydroxylation is 1. The van der Waals surface area contributed by atoms with E-state index >= 15 is 0 Å². The van der Waals surface area contributed by atoms with Crippen LogP contribution in [0.3, 0.4) is 0 Å². The third kappa shape index (κ3) is 3.41. The van der Waals surface area contributed by atoms with E-state index in [4.69, 9.17) is 0 Å². The zero-order chi connectivity index (χ0) is 19.8. The first-order chi connectivity index (χ1) is 13.4. The first-order valence-corrected chi connectivity index (χ1v) is 9.97. The number of rotatable bonds is 3. The summed E-state index contributed by atoms with van der Waals surface area (Å²) in [6, 6.07) is 7.66. The number of fused-ring (bicyclic) bond motifs is 2. The molecule has 2 aromatic rings. The zero-order valence-electron chi connectivity index (χ0n) is 16.8. The molecule has 1 aromatic carbocycles. The largest absolute Gasteiger partial charge is 0.332 e. The van der Waals surface area contributed by atoms with Crippen LogP contribution in [-0.2, 0) is 35.6 Å². The molecule has 4 rings (SSSR count). The molecule has 0 N–H and O–H groups in total. The van der Waals surface area contributed by atoms with Crippen LogP contribution < -0.4 is 0 Å². The van der Waals surface area contributed by atoms with Crippen molar-refractivity contribution >= 4 is 11.8 Å². The van der Waals surface area contributed by atoms with Gasteiger partial charge >= 0.3 is 0 Å². The Balaban J connectivity index is 1.59. The molecule has 148 valence electrons. The molecule has 3 heterocycles. The summed E-state index contributed by atoms with van der Waals surface area (Å²) in [5, 5.41) is 8.32. The van der Waals surface area contributed by atoms with Gasteiger partial charge in [0.05, 0.1) is 6.54 Å². The molecular weight excluding hydrogens is 354 g/mol. The molecule has 1 unspecified atom stereocenters. The summed E-state index contributed by atoms with van der Waals surface area (Å²) in [5.41, 5.74) is 2.29. The lowest BCUT2D eigenvalue weighted by atomic mass is 9.92. The van der Waals surface area contributed by atoms with E-state index in [2.05, 4.69) is 26.9 Å². The number of aromatic nitrogens is 3. The van der Waals surface area contributed by atoms with Crippen LogP contribution >= 0.6 is 0 Å². The van der Waals surface area contributed by atoms with Gasteiger partial charge in [-0.3, -0.25) is 9.59 Å². The molecule has 2 amide bonds. The Morgan fingerprint density at radius 1 is 1.11 bits per heavy atom. The van der Waals surface area contributed by atoms with Crippen LogP contribution in [0.15, 0.2) is 24.3 Å². The van der Waals surface area contributed by atoms with Crippen LogP contribution in [0.5, 0.6) is 0 Å². The minimum atomic E-state index is -0.447. The second-order valence-electron chi connectivity index (χ2n) is 8.18. The van der Waals surface area contributed by atoms with Crippen LogP contribution in [0.2, 0.25) is 0 Å². The Labute approximate surface area is 165 Å². The maximum Gasteiger partial charge on any atom is 0.246 e. The van der Waals surface area contributed by atoms with Gasteiger partial charge in [0.2, 0.25) is 11.8 Å². The fraction of sp³-hybridized carbons (Fsp3) is 0.524. The van der Waals surface area contributed by atoms with Crippen molar-refractivity contribution in [3.63, 3.8) is 0 Å². The maximum atomic E-state index is 13.5. The van der Waals surface area contributed by atoms with E-state index in [1.54, 1.807) is 4.90 Å². The van der Waals surface area contributed by atoms with E-state index < -0.39 is 6.04 Å². The monoisotopic (exact) mass is 381 g/mol. The SMILES string of the molecule is Cc1nnc2n1CCN(C(=O)C1Cc3ccccc3CN1C(=O)CC(C)C)C2. The summed E-state index contributed by atoms with van der Waals surface area (Å²) >= 11 is 0. The molecule has 2 aliphatic heterocycles. The minimum absolute atomic E-state index is 0.0125. The normalized spacial score (nSPS) is 18.8. The lowest BCUT2D eigenvalue weighted by molar-refractivity contribution is -0.148. The topological polar surface area (TPSA) is 71.3 Å². The highest BCUT2D eigenvalue weighted by molar-refractivity contribution is 5.88. The number of carbonyl (C=O) groups is 2. The first kappa shape index (κ1) is 18.7. The molecule has 1 aromatic heterocycles. The standard InChI is InChI=1S/C21H27N5O2/c1-14(2)10-20(27)26-12-17-7-5-4-6-16(17)11-18(26)21(28)24-8-9-25-15(3)22-23-19(25)13-24/h4-7,14,18H,8-13H2,1-3H3. The molecule has 7 heteroatoms. The van der Waals surface area contributed by atoms with Crippen LogP contribution in [0.25, 0.3) is 0 Å². The van der Waals surface area contributed by atoms with Crippen molar-refractivity contribution in [3.05, 3.63) is 47.0 Å². The number of nitrogens with zero attached hydrogens (tertiary/aromatic N) is 5. The van der Waals surface area contributed by atoms with Crippen LogP contribution in [0.1, 0.15) is 43.0 Å². The first-order valence-electron chi connectivity index (χ1n) is 9.97. The van der Waals surface area contributed by atoms with E-state index in [0.717, 1.165) is 22.8 Å². The Kier molecular flexibility index (Phi) is 4.91. The fourth-order valence-corrected chi connectivity index (χ4v) is 4.17. The second kappa shape index (κ2) is 7.37. The maximum absolute atomic E-state index is 13.5. The highest BCUT2D eigenvalue weighted by Crippen LogP contribution is 2.27. The Hall–Kier alpha value is -2.70. The Morgan fingerprint density at radius 2 is 1.86 bits per heavy atom. The van der Waals surface area contributed by atoms with Gasteiger partial charge < -0.3 is 14.4 Å². The van der Waals surface area contributed by atoms with Crippen molar-refractivity contribution in [3.8, 4) is 0 Å². The molecule has 1 atom stereocenters. The third-order valence-corrected chi connectivity index (χ3v) is 5.69.